The lowest BCUT2D eigenvalue weighted by molar-refractivity contribution is 0.0632. The molecule has 0 radical (unpaired) electrons. The summed E-state index contributed by atoms with van der Waals surface area (Å²) in [5.74, 6) is -0.0443. The van der Waals surface area contributed by atoms with Crippen LogP contribution in [0.4, 0.5) is 10.6 Å². The molecule has 0 aliphatic rings. The molecule has 0 saturated carbocycles. The van der Waals surface area contributed by atoms with Crippen LogP contribution in [0.5, 0.6) is 11.5 Å². The van der Waals surface area contributed by atoms with Crippen LogP contribution in [-0.2, 0) is 11.3 Å². The van der Waals surface area contributed by atoms with Crippen LogP contribution in [0.25, 0.3) is 0 Å². The average Bonchev–Trinajstić information content (AvgIpc) is 2.73. The molecule has 0 fully saturated rings. The first kappa shape index (κ1) is 22.8. The quantitative estimate of drug-likeness (QED) is 0.405. The van der Waals surface area contributed by atoms with E-state index < -0.39 is 17.7 Å². The molecule has 1 aromatic heterocycles. The summed E-state index contributed by atoms with van der Waals surface area (Å²) < 4.78 is 16.8. The van der Waals surface area contributed by atoms with E-state index in [2.05, 4.69) is 10.3 Å². The highest BCUT2D eigenvalue weighted by Gasteiger charge is 2.25. The summed E-state index contributed by atoms with van der Waals surface area (Å²) in [6.45, 7) is 7.15. The van der Waals surface area contributed by atoms with Gasteiger partial charge in [-0.3, -0.25) is 5.32 Å². The van der Waals surface area contributed by atoms with Gasteiger partial charge in [0, 0.05) is 6.20 Å². The highest BCUT2D eigenvalue weighted by atomic mass is 16.6. The van der Waals surface area contributed by atoms with Crippen LogP contribution >= 0.6 is 0 Å². The molecule has 1 amide bonds. The Morgan fingerprint density at radius 3 is 2.22 bits per heavy atom. The molecule has 0 aliphatic heterocycles. The number of benzene rings is 2. The van der Waals surface area contributed by atoms with Crippen LogP contribution in [0.15, 0.2) is 66.9 Å². The van der Waals surface area contributed by atoms with Crippen molar-refractivity contribution in [1.29, 1.82) is 0 Å². The average molecular weight is 434 g/mol. The minimum atomic E-state index is -0.708. The smallest absolute Gasteiger partial charge is 0.413 e. The zero-order valence-electron chi connectivity index (χ0n) is 18.5. The summed E-state index contributed by atoms with van der Waals surface area (Å²) in [6, 6.07) is 18.2. The van der Waals surface area contributed by atoms with Crippen molar-refractivity contribution in [2.75, 3.05) is 5.32 Å². The van der Waals surface area contributed by atoms with E-state index in [0.29, 0.717) is 11.3 Å². The number of nitrogens with one attached hydrogen (secondary N) is 1. The van der Waals surface area contributed by atoms with Gasteiger partial charge in [0.25, 0.3) is 0 Å². The molecular weight excluding hydrogens is 408 g/mol. The fraction of sp³-hybridized carbons (Fsp3) is 0.240. The van der Waals surface area contributed by atoms with Crippen molar-refractivity contribution in [2.24, 2.45) is 0 Å². The van der Waals surface area contributed by atoms with Gasteiger partial charge >= 0.3 is 12.1 Å². The number of nitrogens with zero attached hydrogens (tertiary/aromatic N) is 1. The first-order valence-corrected chi connectivity index (χ1v) is 10.2. The van der Waals surface area contributed by atoms with E-state index >= 15 is 0 Å². The number of pyridine rings is 1. The number of anilines is 1. The number of carbonyl (C=O) groups is 2. The van der Waals surface area contributed by atoms with E-state index in [4.69, 9.17) is 14.2 Å². The molecule has 1 heterocycles. The minimum absolute atomic E-state index is 0.0702. The number of amides is 1. The second-order valence-corrected chi connectivity index (χ2v) is 8.10. The van der Waals surface area contributed by atoms with Crippen LogP contribution in [0, 0.1) is 6.92 Å². The predicted molar refractivity (Wildman–Crippen MR) is 121 cm³/mol. The van der Waals surface area contributed by atoms with Crippen LogP contribution in [0.2, 0.25) is 0 Å². The molecule has 0 spiro atoms. The molecule has 3 aromatic rings. The van der Waals surface area contributed by atoms with Crippen LogP contribution in [0.3, 0.4) is 0 Å². The van der Waals surface area contributed by atoms with Gasteiger partial charge in [0.15, 0.2) is 11.6 Å². The molecule has 2 aromatic carbocycles. The van der Waals surface area contributed by atoms with E-state index in [0.717, 1.165) is 5.56 Å². The number of aromatic nitrogens is 1. The Morgan fingerprint density at radius 1 is 0.969 bits per heavy atom. The Morgan fingerprint density at radius 2 is 1.59 bits per heavy atom. The van der Waals surface area contributed by atoms with Gasteiger partial charge in [-0.1, -0.05) is 48.5 Å². The standard InChI is InChI=1S/C25H26N2O5/c1-17-15-26-22(27-24(29)32-25(2,3)4)21(30-16-18-11-7-5-8-12-18)20(17)23(28)31-19-13-9-6-10-14-19/h5-15H,16H2,1-4H3,(H,26,27,29). The molecule has 0 unspecified atom stereocenters. The predicted octanol–water partition coefficient (Wildman–Crippen LogP) is 5.54. The first-order valence-electron chi connectivity index (χ1n) is 10.2. The SMILES string of the molecule is Cc1cnc(NC(=O)OC(C)(C)C)c(OCc2ccccc2)c1C(=O)Oc1ccccc1. The van der Waals surface area contributed by atoms with Crippen LogP contribution < -0.4 is 14.8 Å². The van der Waals surface area contributed by atoms with Gasteiger partial charge < -0.3 is 14.2 Å². The van der Waals surface area contributed by atoms with Gasteiger partial charge in [-0.05, 0) is 51.0 Å². The van der Waals surface area contributed by atoms with E-state index in [1.807, 2.05) is 36.4 Å². The molecule has 0 atom stereocenters. The number of ether oxygens (including phenoxy) is 3. The number of aryl methyl sites for hydroxylation is 1. The second kappa shape index (κ2) is 9.96. The lowest BCUT2D eigenvalue weighted by atomic mass is 10.1. The third-order valence-electron chi connectivity index (χ3n) is 4.23. The highest BCUT2D eigenvalue weighted by Crippen LogP contribution is 2.32. The summed E-state index contributed by atoms with van der Waals surface area (Å²) in [6.07, 6.45) is 0.768. The lowest BCUT2D eigenvalue weighted by Crippen LogP contribution is -2.28. The van der Waals surface area contributed by atoms with Crippen molar-refractivity contribution in [3.05, 3.63) is 83.6 Å². The lowest BCUT2D eigenvalue weighted by Gasteiger charge is -2.21. The molecular formula is C25H26N2O5. The number of carbonyl (C=O) groups excluding carboxylic acids is 2. The number of esters is 1. The maximum Gasteiger partial charge on any atom is 0.413 e. The summed E-state index contributed by atoms with van der Waals surface area (Å²) in [5.41, 5.74) is 0.906. The maximum absolute atomic E-state index is 13.1. The molecule has 1 N–H and O–H groups in total. The van der Waals surface area contributed by atoms with Crippen molar-refractivity contribution in [3.63, 3.8) is 0 Å². The number of hydrogen-bond donors (Lipinski definition) is 1. The normalized spacial score (nSPS) is 10.9. The van der Waals surface area contributed by atoms with Crippen LogP contribution in [0.1, 0.15) is 42.3 Å². The van der Waals surface area contributed by atoms with Crippen LogP contribution in [-0.4, -0.2) is 22.6 Å². The Balaban J connectivity index is 1.95. The van der Waals surface area contributed by atoms with Gasteiger partial charge in [0.2, 0.25) is 0 Å². The Kier molecular flexibility index (Phi) is 7.10. The Labute approximate surface area is 187 Å². The third kappa shape index (κ3) is 6.31. The molecule has 32 heavy (non-hydrogen) atoms. The first-order chi connectivity index (χ1) is 15.2. The van der Waals surface area contributed by atoms with Gasteiger partial charge in [-0.2, -0.15) is 0 Å². The Hall–Kier alpha value is -3.87. The summed E-state index contributed by atoms with van der Waals surface area (Å²) in [5, 5.41) is 2.58. The monoisotopic (exact) mass is 434 g/mol. The molecule has 0 bridgehead atoms. The van der Waals surface area contributed by atoms with E-state index in [9.17, 15) is 9.59 Å². The largest absolute Gasteiger partial charge is 0.484 e. The van der Waals surface area contributed by atoms with E-state index in [1.54, 1.807) is 52.0 Å². The number of para-hydroxylation sites is 1. The topological polar surface area (TPSA) is 86.8 Å². The molecule has 0 saturated heterocycles. The van der Waals surface area contributed by atoms with Gasteiger partial charge in [0.05, 0.1) is 0 Å². The van der Waals surface area contributed by atoms with E-state index in [1.165, 1.54) is 6.20 Å². The molecule has 7 heteroatoms. The zero-order chi connectivity index (χ0) is 23.1. The van der Waals surface area contributed by atoms with E-state index in [-0.39, 0.29) is 23.7 Å². The summed E-state index contributed by atoms with van der Waals surface area (Å²) in [7, 11) is 0. The zero-order valence-corrected chi connectivity index (χ0v) is 18.5. The molecule has 7 nitrogen and oxygen atoms in total. The van der Waals surface area contributed by atoms with Crippen molar-refractivity contribution in [3.8, 4) is 11.5 Å². The van der Waals surface area contributed by atoms with Gasteiger partial charge in [-0.25, -0.2) is 14.6 Å². The van der Waals surface area contributed by atoms with Gasteiger partial charge in [-0.15, -0.1) is 0 Å². The fourth-order valence-corrected chi connectivity index (χ4v) is 2.84. The highest BCUT2D eigenvalue weighted by molar-refractivity contribution is 5.98. The minimum Gasteiger partial charge on any atom is -0.484 e. The molecule has 166 valence electrons. The Bertz CT molecular complexity index is 1080. The molecule has 0 aliphatic carbocycles. The molecule has 3 rings (SSSR count). The van der Waals surface area contributed by atoms with Crippen molar-refractivity contribution < 1.29 is 23.8 Å². The van der Waals surface area contributed by atoms with Crippen molar-refractivity contribution in [1.82, 2.24) is 4.98 Å². The number of rotatable bonds is 6. The maximum atomic E-state index is 13.1. The third-order valence-corrected chi connectivity index (χ3v) is 4.23. The van der Waals surface area contributed by atoms with Crippen molar-refractivity contribution in [2.45, 2.75) is 39.9 Å². The van der Waals surface area contributed by atoms with Gasteiger partial charge in [0.1, 0.15) is 23.5 Å². The summed E-state index contributed by atoms with van der Waals surface area (Å²) >= 11 is 0. The van der Waals surface area contributed by atoms with Crippen molar-refractivity contribution >= 4 is 17.9 Å². The fourth-order valence-electron chi connectivity index (χ4n) is 2.84. The number of hydrogen-bond acceptors (Lipinski definition) is 6. The summed E-state index contributed by atoms with van der Waals surface area (Å²) in [4.78, 5) is 29.7. The second-order valence-electron chi connectivity index (χ2n) is 8.10.